The fraction of sp³-hybridized carbons (Fsp3) is 0.364. The Balaban J connectivity index is 2.43. The molecule has 17 heavy (non-hydrogen) atoms. The highest BCUT2D eigenvalue weighted by Gasteiger charge is 2.07. The maximum absolute atomic E-state index is 11.6. The SMILES string of the molecule is COCCNCC(=O)Nc1cccc(Cl)c1Br. The lowest BCUT2D eigenvalue weighted by Crippen LogP contribution is -2.30. The van der Waals surface area contributed by atoms with Crippen molar-refractivity contribution in [2.45, 2.75) is 0 Å². The van der Waals surface area contributed by atoms with Crippen LogP contribution in [0.25, 0.3) is 0 Å². The van der Waals surface area contributed by atoms with E-state index in [1.165, 1.54) is 0 Å². The van der Waals surface area contributed by atoms with Crippen LogP contribution in [-0.2, 0) is 9.53 Å². The van der Waals surface area contributed by atoms with E-state index >= 15 is 0 Å². The number of ether oxygens (including phenoxy) is 1. The summed E-state index contributed by atoms with van der Waals surface area (Å²) in [4.78, 5) is 11.6. The molecule has 1 amide bonds. The van der Waals surface area contributed by atoms with Crippen molar-refractivity contribution in [3.63, 3.8) is 0 Å². The third-order valence-corrected chi connectivity index (χ3v) is 3.39. The fourth-order valence-corrected chi connectivity index (χ4v) is 1.71. The van der Waals surface area contributed by atoms with Crippen molar-refractivity contribution in [1.82, 2.24) is 5.32 Å². The van der Waals surface area contributed by atoms with E-state index in [-0.39, 0.29) is 12.5 Å². The van der Waals surface area contributed by atoms with Crippen molar-refractivity contribution in [3.05, 3.63) is 27.7 Å². The van der Waals surface area contributed by atoms with Crippen LogP contribution in [0.4, 0.5) is 5.69 Å². The van der Waals surface area contributed by atoms with Gasteiger partial charge in [-0.2, -0.15) is 0 Å². The van der Waals surface area contributed by atoms with Gasteiger partial charge in [-0.1, -0.05) is 17.7 Å². The van der Waals surface area contributed by atoms with Crippen LogP contribution in [0.15, 0.2) is 22.7 Å². The zero-order chi connectivity index (χ0) is 12.7. The van der Waals surface area contributed by atoms with Gasteiger partial charge in [0, 0.05) is 13.7 Å². The minimum Gasteiger partial charge on any atom is -0.383 e. The molecular formula is C11H14BrClN2O2. The Labute approximate surface area is 114 Å². The van der Waals surface area contributed by atoms with Crippen LogP contribution in [0.1, 0.15) is 0 Å². The molecule has 0 saturated heterocycles. The molecule has 0 heterocycles. The second kappa shape index (κ2) is 7.66. The standard InChI is InChI=1S/C11H14BrClN2O2/c1-17-6-5-14-7-10(16)15-9-4-2-3-8(13)11(9)12/h2-4,14H,5-7H2,1H3,(H,15,16). The lowest BCUT2D eigenvalue weighted by Gasteiger charge is -2.09. The van der Waals surface area contributed by atoms with Gasteiger partial charge in [0.15, 0.2) is 0 Å². The molecule has 0 unspecified atom stereocenters. The Hall–Kier alpha value is -0.620. The van der Waals surface area contributed by atoms with Gasteiger partial charge in [-0.25, -0.2) is 0 Å². The van der Waals surface area contributed by atoms with Gasteiger partial charge < -0.3 is 15.4 Å². The molecule has 1 aromatic carbocycles. The number of anilines is 1. The number of halogens is 2. The van der Waals surface area contributed by atoms with Gasteiger partial charge in [0.2, 0.25) is 5.91 Å². The molecule has 1 aromatic rings. The number of amides is 1. The predicted octanol–water partition coefficient (Wildman–Crippen LogP) is 2.28. The van der Waals surface area contributed by atoms with Crippen molar-refractivity contribution in [1.29, 1.82) is 0 Å². The summed E-state index contributed by atoms with van der Waals surface area (Å²) >= 11 is 9.23. The number of hydrogen-bond acceptors (Lipinski definition) is 3. The number of methoxy groups -OCH3 is 1. The summed E-state index contributed by atoms with van der Waals surface area (Å²) in [5.41, 5.74) is 0.663. The number of carbonyl (C=O) groups is 1. The molecule has 0 aliphatic heterocycles. The highest BCUT2D eigenvalue weighted by Crippen LogP contribution is 2.29. The van der Waals surface area contributed by atoms with E-state index in [1.54, 1.807) is 25.3 Å². The molecule has 2 N–H and O–H groups in total. The molecular weight excluding hydrogens is 307 g/mol. The summed E-state index contributed by atoms with van der Waals surface area (Å²) in [7, 11) is 1.62. The first-order chi connectivity index (χ1) is 8.15. The molecule has 94 valence electrons. The number of carbonyl (C=O) groups excluding carboxylic acids is 1. The molecule has 0 saturated carbocycles. The molecule has 0 radical (unpaired) electrons. The van der Waals surface area contributed by atoms with Crippen LogP contribution < -0.4 is 10.6 Å². The second-order valence-corrected chi connectivity index (χ2v) is 4.52. The van der Waals surface area contributed by atoms with Crippen molar-refractivity contribution in [2.75, 3.05) is 32.1 Å². The van der Waals surface area contributed by atoms with Crippen LogP contribution in [0.5, 0.6) is 0 Å². The van der Waals surface area contributed by atoms with Crippen LogP contribution in [-0.4, -0.2) is 32.7 Å². The van der Waals surface area contributed by atoms with Crippen molar-refractivity contribution in [3.8, 4) is 0 Å². The van der Waals surface area contributed by atoms with Crippen LogP contribution in [0.2, 0.25) is 5.02 Å². The number of benzene rings is 1. The van der Waals surface area contributed by atoms with Crippen LogP contribution >= 0.6 is 27.5 Å². The molecule has 0 bridgehead atoms. The second-order valence-electron chi connectivity index (χ2n) is 3.32. The summed E-state index contributed by atoms with van der Waals surface area (Å²) in [6.45, 7) is 1.46. The highest BCUT2D eigenvalue weighted by molar-refractivity contribution is 9.10. The lowest BCUT2D eigenvalue weighted by atomic mass is 10.3. The largest absolute Gasteiger partial charge is 0.383 e. The summed E-state index contributed by atoms with van der Waals surface area (Å²) in [6.07, 6.45) is 0. The maximum Gasteiger partial charge on any atom is 0.238 e. The predicted molar refractivity (Wildman–Crippen MR) is 72.5 cm³/mol. The van der Waals surface area contributed by atoms with Gasteiger partial charge in [-0.3, -0.25) is 4.79 Å². The quantitative estimate of drug-likeness (QED) is 0.790. The average Bonchev–Trinajstić information content (AvgIpc) is 2.31. The van der Waals surface area contributed by atoms with Crippen molar-refractivity contribution >= 4 is 39.1 Å². The first-order valence-electron chi connectivity index (χ1n) is 5.08. The summed E-state index contributed by atoms with van der Waals surface area (Å²) in [5.74, 6) is -0.121. The van der Waals surface area contributed by atoms with E-state index < -0.39 is 0 Å². The zero-order valence-corrected chi connectivity index (χ0v) is 11.8. The summed E-state index contributed by atoms with van der Waals surface area (Å²) < 4.78 is 5.54. The molecule has 0 aliphatic rings. The van der Waals surface area contributed by atoms with E-state index in [4.69, 9.17) is 16.3 Å². The molecule has 0 fully saturated rings. The van der Waals surface area contributed by atoms with E-state index in [2.05, 4.69) is 26.6 Å². The van der Waals surface area contributed by atoms with E-state index in [0.717, 1.165) is 0 Å². The number of nitrogens with one attached hydrogen (secondary N) is 2. The van der Waals surface area contributed by atoms with Crippen LogP contribution in [0, 0.1) is 0 Å². The number of hydrogen-bond donors (Lipinski definition) is 2. The monoisotopic (exact) mass is 320 g/mol. The molecule has 0 aromatic heterocycles. The zero-order valence-electron chi connectivity index (χ0n) is 9.43. The van der Waals surface area contributed by atoms with Gasteiger partial charge in [0.05, 0.1) is 28.3 Å². The third-order valence-electron chi connectivity index (χ3n) is 1.99. The fourth-order valence-electron chi connectivity index (χ4n) is 1.17. The van der Waals surface area contributed by atoms with Gasteiger partial charge >= 0.3 is 0 Å². The Bertz CT molecular complexity index is 388. The summed E-state index contributed by atoms with van der Waals surface area (Å²) in [6, 6.07) is 5.31. The average molecular weight is 322 g/mol. The van der Waals surface area contributed by atoms with E-state index in [9.17, 15) is 4.79 Å². The van der Waals surface area contributed by atoms with Gasteiger partial charge in [0.1, 0.15) is 0 Å². The van der Waals surface area contributed by atoms with Gasteiger partial charge in [-0.15, -0.1) is 0 Å². The van der Waals surface area contributed by atoms with Crippen LogP contribution in [0.3, 0.4) is 0 Å². The third kappa shape index (κ3) is 5.04. The van der Waals surface area contributed by atoms with Crippen molar-refractivity contribution in [2.24, 2.45) is 0 Å². The Kier molecular flexibility index (Phi) is 6.50. The summed E-state index contributed by atoms with van der Waals surface area (Å²) in [5, 5.41) is 6.27. The smallest absolute Gasteiger partial charge is 0.238 e. The van der Waals surface area contributed by atoms with Gasteiger partial charge in [-0.05, 0) is 28.1 Å². The number of rotatable bonds is 6. The Morgan fingerprint density at radius 1 is 1.53 bits per heavy atom. The Morgan fingerprint density at radius 2 is 2.29 bits per heavy atom. The minimum absolute atomic E-state index is 0.121. The van der Waals surface area contributed by atoms with Gasteiger partial charge in [0.25, 0.3) is 0 Å². The van der Waals surface area contributed by atoms with E-state index in [0.29, 0.717) is 28.3 Å². The highest BCUT2D eigenvalue weighted by atomic mass is 79.9. The van der Waals surface area contributed by atoms with Crippen molar-refractivity contribution < 1.29 is 9.53 Å². The topological polar surface area (TPSA) is 50.4 Å². The first-order valence-corrected chi connectivity index (χ1v) is 6.25. The minimum atomic E-state index is -0.121. The molecule has 1 rings (SSSR count). The normalized spacial score (nSPS) is 10.3. The maximum atomic E-state index is 11.6. The molecule has 6 heteroatoms. The molecule has 0 atom stereocenters. The first kappa shape index (κ1) is 14.4. The van der Waals surface area contributed by atoms with E-state index in [1.807, 2.05) is 0 Å². The molecule has 0 aliphatic carbocycles. The molecule has 4 nitrogen and oxygen atoms in total. The Morgan fingerprint density at radius 3 is 3.00 bits per heavy atom. The molecule has 0 spiro atoms. The lowest BCUT2D eigenvalue weighted by molar-refractivity contribution is -0.115.